The highest BCUT2D eigenvalue weighted by Crippen LogP contribution is 2.12. The van der Waals surface area contributed by atoms with E-state index in [1.165, 1.54) is 12.8 Å². The molecule has 1 atom stereocenters. The van der Waals surface area contributed by atoms with Gasteiger partial charge in [-0.15, -0.1) is 0 Å². The van der Waals surface area contributed by atoms with Gasteiger partial charge in [-0.2, -0.15) is 0 Å². The minimum atomic E-state index is -1.82. The van der Waals surface area contributed by atoms with E-state index in [9.17, 15) is 0 Å². The first-order chi connectivity index (χ1) is 7.02. The Morgan fingerprint density at radius 3 is 2.20 bits per heavy atom. The van der Waals surface area contributed by atoms with Crippen LogP contribution in [-0.2, 0) is 8.85 Å². The molecule has 0 amide bonds. The summed E-state index contributed by atoms with van der Waals surface area (Å²) in [5, 5.41) is 0. The third-order valence-electron chi connectivity index (χ3n) is 2.70. The average Bonchev–Trinajstić information content (AvgIpc) is 2.17. The van der Waals surface area contributed by atoms with Crippen molar-refractivity contribution >= 4 is 8.56 Å². The van der Waals surface area contributed by atoms with E-state index in [4.69, 9.17) is 8.85 Å². The second kappa shape index (κ2) is 8.31. The maximum absolute atomic E-state index is 5.87. The standard InChI is InChI=1S/C12H28O2Si/c1-6-8-10-13-15(4,5)14-11-9-12(3)7-2/h12H,6-11H2,1-5H3. The molecule has 0 aliphatic rings. The Morgan fingerprint density at radius 2 is 1.67 bits per heavy atom. The van der Waals surface area contributed by atoms with Gasteiger partial charge in [0.2, 0.25) is 0 Å². The summed E-state index contributed by atoms with van der Waals surface area (Å²) in [5.74, 6) is 0.769. The lowest BCUT2D eigenvalue weighted by Crippen LogP contribution is -2.35. The van der Waals surface area contributed by atoms with E-state index in [1.54, 1.807) is 0 Å². The molecule has 0 aromatic carbocycles. The van der Waals surface area contributed by atoms with Gasteiger partial charge in [0.05, 0.1) is 0 Å². The van der Waals surface area contributed by atoms with Gasteiger partial charge in [-0.25, -0.2) is 0 Å². The van der Waals surface area contributed by atoms with Crippen LogP contribution < -0.4 is 0 Å². The van der Waals surface area contributed by atoms with E-state index in [0.29, 0.717) is 0 Å². The largest absolute Gasteiger partial charge is 0.395 e. The van der Waals surface area contributed by atoms with Crippen molar-refractivity contribution in [3.8, 4) is 0 Å². The lowest BCUT2D eigenvalue weighted by molar-refractivity contribution is 0.167. The Hall–Kier alpha value is 0.137. The zero-order chi connectivity index (χ0) is 11.7. The molecule has 0 fully saturated rings. The molecule has 0 rings (SSSR count). The summed E-state index contributed by atoms with van der Waals surface area (Å²) in [7, 11) is -1.82. The molecule has 2 nitrogen and oxygen atoms in total. The predicted octanol–water partition coefficient (Wildman–Crippen LogP) is 3.96. The van der Waals surface area contributed by atoms with Crippen LogP contribution in [0.15, 0.2) is 0 Å². The lowest BCUT2D eigenvalue weighted by Gasteiger charge is -2.23. The smallest absolute Gasteiger partial charge is 0.331 e. The van der Waals surface area contributed by atoms with E-state index in [1.807, 2.05) is 0 Å². The topological polar surface area (TPSA) is 18.5 Å². The van der Waals surface area contributed by atoms with Crippen LogP contribution in [0.25, 0.3) is 0 Å². The Kier molecular flexibility index (Phi) is 8.38. The normalized spacial score (nSPS) is 14.2. The Bertz CT molecular complexity index is 149. The zero-order valence-corrected chi connectivity index (χ0v) is 12.1. The number of hydrogen-bond acceptors (Lipinski definition) is 2. The van der Waals surface area contributed by atoms with Crippen molar-refractivity contribution in [1.29, 1.82) is 0 Å². The van der Waals surface area contributed by atoms with Crippen molar-refractivity contribution in [2.45, 2.75) is 59.5 Å². The summed E-state index contributed by atoms with van der Waals surface area (Å²) >= 11 is 0. The van der Waals surface area contributed by atoms with Crippen molar-refractivity contribution < 1.29 is 8.85 Å². The summed E-state index contributed by atoms with van der Waals surface area (Å²) in [6.45, 7) is 12.7. The maximum Gasteiger partial charge on any atom is 0.331 e. The molecule has 0 saturated carbocycles. The van der Waals surface area contributed by atoms with Crippen LogP contribution in [0.4, 0.5) is 0 Å². The predicted molar refractivity (Wildman–Crippen MR) is 68.4 cm³/mol. The molecule has 0 saturated heterocycles. The SMILES string of the molecule is CCCCO[Si](C)(C)OCCC(C)CC. The van der Waals surface area contributed by atoms with Crippen molar-refractivity contribution in [1.82, 2.24) is 0 Å². The summed E-state index contributed by atoms with van der Waals surface area (Å²) in [6.07, 6.45) is 4.73. The maximum atomic E-state index is 5.87. The van der Waals surface area contributed by atoms with Gasteiger partial charge < -0.3 is 8.85 Å². The number of hydrogen-bond donors (Lipinski definition) is 0. The lowest BCUT2D eigenvalue weighted by atomic mass is 10.1. The first-order valence-electron chi connectivity index (χ1n) is 6.29. The average molecular weight is 232 g/mol. The first kappa shape index (κ1) is 15.1. The van der Waals surface area contributed by atoms with Crippen LogP contribution in [0.3, 0.4) is 0 Å². The molecule has 0 aromatic heterocycles. The molecule has 15 heavy (non-hydrogen) atoms. The van der Waals surface area contributed by atoms with Crippen molar-refractivity contribution in [3.05, 3.63) is 0 Å². The van der Waals surface area contributed by atoms with E-state index in [2.05, 4.69) is 33.9 Å². The molecular weight excluding hydrogens is 204 g/mol. The van der Waals surface area contributed by atoms with Crippen LogP contribution in [0, 0.1) is 5.92 Å². The molecule has 0 aliphatic heterocycles. The highest BCUT2D eigenvalue weighted by atomic mass is 28.4. The molecule has 0 aromatic rings. The molecule has 92 valence electrons. The summed E-state index contributed by atoms with van der Waals surface area (Å²) in [5.41, 5.74) is 0. The fourth-order valence-electron chi connectivity index (χ4n) is 1.21. The van der Waals surface area contributed by atoms with E-state index in [-0.39, 0.29) is 0 Å². The molecule has 0 aliphatic carbocycles. The van der Waals surface area contributed by atoms with Crippen LogP contribution in [0.5, 0.6) is 0 Å². The van der Waals surface area contributed by atoms with Gasteiger partial charge in [-0.1, -0.05) is 33.6 Å². The highest BCUT2D eigenvalue weighted by Gasteiger charge is 2.23. The van der Waals surface area contributed by atoms with E-state index < -0.39 is 8.56 Å². The molecule has 0 radical (unpaired) electrons. The van der Waals surface area contributed by atoms with Gasteiger partial charge in [0.25, 0.3) is 0 Å². The van der Waals surface area contributed by atoms with Gasteiger partial charge in [0.1, 0.15) is 0 Å². The van der Waals surface area contributed by atoms with Crippen molar-refractivity contribution in [2.75, 3.05) is 13.2 Å². The summed E-state index contributed by atoms with van der Waals surface area (Å²) in [6, 6.07) is 0. The molecule has 3 heteroatoms. The van der Waals surface area contributed by atoms with Gasteiger partial charge in [-0.3, -0.25) is 0 Å². The van der Waals surface area contributed by atoms with Gasteiger partial charge in [0.15, 0.2) is 0 Å². The van der Waals surface area contributed by atoms with Crippen molar-refractivity contribution in [3.63, 3.8) is 0 Å². The molecule has 0 N–H and O–H groups in total. The molecule has 0 spiro atoms. The Morgan fingerprint density at radius 1 is 1.07 bits per heavy atom. The number of unbranched alkanes of at least 4 members (excludes halogenated alkanes) is 1. The molecule has 1 unspecified atom stereocenters. The third-order valence-corrected chi connectivity index (χ3v) is 4.50. The summed E-state index contributed by atoms with van der Waals surface area (Å²) in [4.78, 5) is 0. The molecular formula is C12H28O2Si. The van der Waals surface area contributed by atoms with Crippen molar-refractivity contribution in [2.24, 2.45) is 5.92 Å². The number of rotatable bonds is 9. The van der Waals surface area contributed by atoms with Crippen LogP contribution >= 0.6 is 0 Å². The second-order valence-electron chi connectivity index (χ2n) is 4.75. The Labute approximate surface area is 96.6 Å². The zero-order valence-electron chi connectivity index (χ0n) is 11.1. The summed E-state index contributed by atoms with van der Waals surface area (Å²) < 4.78 is 11.7. The highest BCUT2D eigenvalue weighted by molar-refractivity contribution is 6.64. The third kappa shape index (κ3) is 9.09. The van der Waals surface area contributed by atoms with E-state index >= 15 is 0 Å². The fourth-order valence-corrected chi connectivity index (χ4v) is 2.54. The minimum absolute atomic E-state index is 0.769. The molecule has 0 heterocycles. The second-order valence-corrected chi connectivity index (χ2v) is 8.13. The van der Waals surface area contributed by atoms with Crippen LogP contribution in [-0.4, -0.2) is 21.8 Å². The van der Waals surface area contributed by atoms with Gasteiger partial charge >= 0.3 is 8.56 Å². The Balaban J connectivity index is 3.54. The molecule has 0 bridgehead atoms. The fraction of sp³-hybridized carbons (Fsp3) is 1.00. The van der Waals surface area contributed by atoms with Gasteiger partial charge in [-0.05, 0) is 31.9 Å². The van der Waals surface area contributed by atoms with Crippen LogP contribution in [0.1, 0.15) is 46.5 Å². The first-order valence-corrected chi connectivity index (χ1v) is 9.11. The quantitative estimate of drug-likeness (QED) is 0.442. The minimum Gasteiger partial charge on any atom is -0.395 e. The van der Waals surface area contributed by atoms with Gasteiger partial charge in [0, 0.05) is 13.2 Å². The van der Waals surface area contributed by atoms with Crippen LogP contribution in [0.2, 0.25) is 13.1 Å². The van der Waals surface area contributed by atoms with E-state index in [0.717, 1.165) is 32.0 Å². The monoisotopic (exact) mass is 232 g/mol.